The summed E-state index contributed by atoms with van der Waals surface area (Å²) in [6.07, 6.45) is 6.57. The minimum absolute atomic E-state index is 0.0800. The van der Waals surface area contributed by atoms with Crippen LogP contribution in [0.3, 0.4) is 0 Å². The SMILES string of the molecule is CCC[C@H]1C[C@@H](OC)C[C@H](C)C[C@@H]2C[C@H](OCc3ccccc3)C[C@H](CC(=O)O1)O2. The molecule has 5 heteroatoms. The third-order valence-electron chi connectivity index (χ3n) is 6.26. The lowest BCUT2D eigenvalue weighted by Crippen LogP contribution is -2.40. The third kappa shape index (κ3) is 7.36. The van der Waals surface area contributed by atoms with Crippen LogP contribution in [0.4, 0.5) is 0 Å². The third-order valence-corrected chi connectivity index (χ3v) is 6.26. The van der Waals surface area contributed by atoms with Gasteiger partial charge in [0.25, 0.3) is 0 Å². The molecule has 0 radical (unpaired) electrons. The van der Waals surface area contributed by atoms with E-state index in [2.05, 4.69) is 26.0 Å². The summed E-state index contributed by atoms with van der Waals surface area (Å²) in [7, 11) is 1.76. The zero-order chi connectivity index (χ0) is 21.3. The summed E-state index contributed by atoms with van der Waals surface area (Å²) in [5.74, 6) is 0.315. The molecular formula is C25H38O5. The summed E-state index contributed by atoms with van der Waals surface area (Å²) in [6, 6.07) is 10.2. The molecule has 0 saturated carbocycles. The normalized spacial score (nSPS) is 33.2. The molecule has 5 nitrogen and oxygen atoms in total. The number of cyclic esters (lactones) is 1. The van der Waals surface area contributed by atoms with Crippen LogP contribution < -0.4 is 0 Å². The van der Waals surface area contributed by atoms with Gasteiger partial charge in [0.15, 0.2) is 0 Å². The van der Waals surface area contributed by atoms with Gasteiger partial charge >= 0.3 is 5.97 Å². The van der Waals surface area contributed by atoms with E-state index in [1.165, 1.54) is 5.56 Å². The number of hydrogen-bond donors (Lipinski definition) is 0. The predicted octanol–water partition coefficient (Wildman–Crippen LogP) is 5.06. The summed E-state index contributed by atoms with van der Waals surface area (Å²) in [5.41, 5.74) is 1.17. The molecule has 2 fully saturated rings. The molecule has 2 heterocycles. The summed E-state index contributed by atoms with van der Waals surface area (Å²) in [4.78, 5) is 12.6. The van der Waals surface area contributed by atoms with Crippen LogP contribution in [0.1, 0.15) is 70.8 Å². The Morgan fingerprint density at radius 1 is 1.00 bits per heavy atom. The first-order valence-corrected chi connectivity index (χ1v) is 11.6. The molecule has 3 rings (SSSR count). The van der Waals surface area contributed by atoms with E-state index in [0.29, 0.717) is 18.9 Å². The van der Waals surface area contributed by atoms with Gasteiger partial charge < -0.3 is 18.9 Å². The average Bonchev–Trinajstić information content (AvgIpc) is 2.71. The second-order valence-electron chi connectivity index (χ2n) is 9.04. The minimum Gasteiger partial charge on any atom is -0.462 e. The van der Waals surface area contributed by atoms with E-state index in [-0.39, 0.29) is 36.5 Å². The van der Waals surface area contributed by atoms with E-state index >= 15 is 0 Å². The number of rotatable bonds is 6. The molecule has 2 aliphatic heterocycles. The van der Waals surface area contributed by atoms with Gasteiger partial charge in [0, 0.05) is 20.0 Å². The maximum atomic E-state index is 12.6. The van der Waals surface area contributed by atoms with Crippen molar-refractivity contribution in [3.05, 3.63) is 35.9 Å². The molecule has 0 aliphatic carbocycles. The Morgan fingerprint density at radius 2 is 1.77 bits per heavy atom. The van der Waals surface area contributed by atoms with Crippen molar-refractivity contribution in [3.63, 3.8) is 0 Å². The number of benzene rings is 1. The monoisotopic (exact) mass is 418 g/mol. The molecule has 30 heavy (non-hydrogen) atoms. The molecule has 1 aromatic carbocycles. The fourth-order valence-corrected chi connectivity index (χ4v) is 4.82. The van der Waals surface area contributed by atoms with Gasteiger partial charge in [-0.3, -0.25) is 4.79 Å². The van der Waals surface area contributed by atoms with Crippen molar-refractivity contribution in [3.8, 4) is 0 Å². The predicted molar refractivity (Wildman–Crippen MR) is 116 cm³/mol. The molecule has 0 spiro atoms. The Morgan fingerprint density at radius 3 is 2.50 bits per heavy atom. The summed E-state index contributed by atoms with van der Waals surface area (Å²) in [6.45, 7) is 4.98. The summed E-state index contributed by atoms with van der Waals surface area (Å²) in [5, 5.41) is 0. The van der Waals surface area contributed by atoms with E-state index in [1.54, 1.807) is 7.11 Å². The van der Waals surface area contributed by atoms with Crippen molar-refractivity contribution >= 4 is 5.97 Å². The van der Waals surface area contributed by atoms with E-state index in [4.69, 9.17) is 18.9 Å². The van der Waals surface area contributed by atoms with Crippen molar-refractivity contribution in [1.82, 2.24) is 0 Å². The molecule has 2 saturated heterocycles. The average molecular weight is 419 g/mol. The standard InChI is InChI=1S/C25H38O5/c1-4-8-20-13-21(27-3)11-18(2)12-23-14-22(15-24(29-23)16-25(26)30-20)28-17-19-9-6-5-7-10-19/h5-7,9-10,18,20-24H,4,8,11-17H2,1-3H3/t18-,20-,21-,22-,23+,24+/m0/s1. The number of carbonyl (C=O) groups excluding carboxylic acids is 1. The van der Waals surface area contributed by atoms with Crippen molar-refractivity contribution in [1.29, 1.82) is 0 Å². The van der Waals surface area contributed by atoms with Crippen LogP contribution in [0.5, 0.6) is 0 Å². The Labute approximate surface area is 181 Å². The Kier molecular flexibility index (Phi) is 9.16. The van der Waals surface area contributed by atoms with Crippen LogP contribution >= 0.6 is 0 Å². The second-order valence-corrected chi connectivity index (χ2v) is 9.04. The summed E-state index contributed by atoms with van der Waals surface area (Å²) >= 11 is 0. The lowest BCUT2D eigenvalue weighted by atomic mass is 9.89. The molecular weight excluding hydrogens is 380 g/mol. The van der Waals surface area contributed by atoms with Crippen molar-refractivity contribution in [2.75, 3.05) is 7.11 Å². The van der Waals surface area contributed by atoms with Gasteiger partial charge in [0.1, 0.15) is 6.10 Å². The molecule has 0 unspecified atom stereocenters. The van der Waals surface area contributed by atoms with E-state index in [0.717, 1.165) is 44.9 Å². The maximum absolute atomic E-state index is 12.6. The van der Waals surface area contributed by atoms with E-state index < -0.39 is 0 Å². The molecule has 6 atom stereocenters. The van der Waals surface area contributed by atoms with Gasteiger partial charge in [-0.1, -0.05) is 50.6 Å². The highest BCUT2D eigenvalue weighted by Crippen LogP contribution is 2.31. The fourth-order valence-electron chi connectivity index (χ4n) is 4.82. The molecule has 2 bridgehead atoms. The molecule has 1 aromatic rings. The zero-order valence-corrected chi connectivity index (χ0v) is 18.8. The highest BCUT2D eigenvalue weighted by molar-refractivity contribution is 5.70. The fraction of sp³-hybridized carbons (Fsp3) is 0.720. The minimum atomic E-state index is -0.163. The van der Waals surface area contributed by atoms with Gasteiger partial charge in [-0.05, 0) is 37.2 Å². The van der Waals surface area contributed by atoms with Crippen molar-refractivity contribution < 1.29 is 23.7 Å². The maximum Gasteiger partial charge on any atom is 0.308 e. The Balaban J connectivity index is 1.67. The molecule has 0 N–H and O–H groups in total. The first-order valence-electron chi connectivity index (χ1n) is 11.6. The van der Waals surface area contributed by atoms with E-state index in [9.17, 15) is 4.79 Å². The van der Waals surface area contributed by atoms with Crippen LogP contribution in [-0.2, 0) is 30.3 Å². The van der Waals surface area contributed by atoms with Gasteiger partial charge in [-0.2, -0.15) is 0 Å². The highest BCUT2D eigenvalue weighted by atomic mass is 16.6. The van der Waals surface area contributed by atoms with Crippen LogP contribution in [0, 0.1) is 5.92 Å². The number of carbonyl (C=O) groups is 1. The van der Waals surface area contributed by atoms with Crippen molar-refractivity contribution in [2.45, 2.75) is 102 Å². The lowest BCUT2D eigenvalue weighted by molar-refractivity contribution is -0.165. The lowest BCUT2D eigenvalue weighted by Gasteiger charge is -2.37. The van der Waals surface area contributed by atoms with Gasteiger partial charge in [0.05, 0.1) is 37.4 Å². The van der Waals surface area contributed by atoms with Gasteiger partial charge in [-0.25, -0.2) is 0 Å². The number of fused-ring (bicyclic) bond motifs is 2. The van der Waals surface area contributed by atoms with Crippen LogP contribution in [0.25, 0.3) is 0 Å². The number of ether oxygens (including phenoxy) is 4. The number of methoxy groups -OCH3 is 1. The van der Waals surface area contributed by atoms with Crippen LogP contribution in [0.2, 0.25) is 0 Å². The molecule has 0 amide bonds. The van der Waals surface area contributed by atoms with Gasteiger partial charge in [0.2, 0.25) is 0 Å². The Bertz CT molecular complexity index is 634. The smallest absolute Gasteiger partial charge is 0.308 e. The summed E-state index contributed by atoms with van der Waals surface area (Å²) < 4.78 is 24.2. The molecule has 2 aliphatic rings. The van der Waals surface area contributed by atoms with Gasteiger partial charge in [-0.15, -0.1) is 0 Å². The quantitative estimate of drug-likeness (QED) is 0.605. The Hall–Kier alpha value is -1.43. The first-order chi connectivity index (χ1) is 14.6. The molecule has 0 aromatic heterocycles. The number of esters is 1. The second kappa shape index (κ2) is 11.8. The largest absolute Gasteiger partial charge is 0.462 e. The first kappa shape index (κ1) is 23.2. The van der Waals surface area contributed by atoms with Crippen LogP contribution in [0.15, 0.2) is 30.3 Å². The topological polar surface area (TPSA) is 54.0 Å². The number of hydrogen-bond acceptors (Lipinski definition) is 5. The molecule has 168 valence electrons. The highest BCUT2D eigenvalue weighted by Gasteiger charge is 2.34. The van der Waals surface area contributed by atoms with Crippen LogP contribution in [-0.4, -0.2) is 43.6 Å². The van der Waals surface area contributed by atoms with E-state index in [1.807, 2.05) is 18.2 Å². The zero-order valence-electron chi connectivity index (χ0n) is 18.8. The van der Waals surface area contributed by atoms with Crippen molar-refractivity contribution in [2.24, 2.45) is 5.92 Å².